The van der Waals surface area contributed by atoms with Gasteiger partial charge >= 0.3 is 0 Å². The van der Waals surface area contributed by atoms with E-state index in [1.165, 1.54) is 10.6 Å². The Labute approximate surface area is 214 Å². The summed E-state index contributed by atoms with van der Waals surface area (Å²) in [6, 6.07) is 19.8. The van der Waals surface area contributed by atoms with Gasteiger partial charge in [0.25, 0.3) is 17.1 Å². The van der Waals surface area contributed by atoms with Crippen LogP contribution in [0.2, 0.25) is 10.0 Å². The number of benzene rings is 3. The van der Waals surface area contributed by atoms with E-state index in [1.54, 1.807) is 36.5 Å². The van der Waals surface area contributed by atoms with Crippen LogP contribution in [0.4, 0.5) is 4.79 Å². The van der Waals surface area contributed by atoms with Crippen LogP contribution in [0.5, 0.6) is 5.75 Å². The van der Waals surface area contributed by atoms with Crippen molar-refractivity contribution in [2.45, 2.75) is 6.61 Å². The monoisotopic (exact) mass is 522 g/mol. The van der Waals surface area contributed by atoms with Crippen LogP contribution in [0, 0.1) is 0 Å². The van der Waals surface area contributed by atoms with Crippen LogP contribution in [0.15, 0.2) is 77.8 Å². The van der Waals surface area contributed by atoms with Gasteiger partial charge in [0.2, 0.25) is 0 Å². The highest BCUT2D eigenvalue weighted by Gasteiger charge is 2.26. The number of carbonyl (C=O) groups excluding carboxylic acids is 3. The van der Waals surface area contributed by atoms with E-state index in [4.69, 9.17) is 27.9 Å². The van der Waals surface area contributed by atoms with Gasteiger partial charge in [-0.15, -0.1) is 0 Å². The molecule has 1 aliphatic rings. The smallest absolute Gasteiger partial charge is 0.290 e. The minimum absolute atomic E-state index is 0.242. The molecule has 4 aromatic rings. The average molecular weight is 523 g/mol. The molecule has 0 unspecified atom stereocenters. The van der Waals surface area contributed by atoms with Crippen LogP contribution < -0.4 is 10.1 Å². The molecule has 174 valence electrons. The molecule has 0 spiro atoms. The number of imide groups is 1. The fourth-order valence-corrected chi connectivity index (χ4v) is 4.65. The Morgan fingerprint density at radius 2 is 1.80 bits per heavy atom. The number of amides is 2. The summed E-state index contributed by atoms with van der Waals surface area (Å²) in [5.74, 6) is -0.204. The van der Waals surface area contributed by atoms with Crippen molar-refractivity contribution in [3.63, 3.8) is 0 Å². The van der Waals surface area contributed by atoms with Gasteiger partial charge in [-0.2, -0.15) is 0 Å². The number of thioether (sulfide) groups is 1. The maximum atomic E-state index is 13.4. The lowest BCUT2D eigenvalue weighted by Crippen LogP contribution is -2.17. The molecule has 0 radical (unpaired) electrons. The number of halogens is 2. The Hall–Kier alpha value is -3.52. The normalized spacial score (nSPS) is 14.5. The summed E-state index contributed by atoms with van der Waals surface area (Å²) in [6.07, 6.45) is 3.22. The second-order valence-electron chi connectivity index (χ2n) is 7.69. The first-order valence-corrected chi connectivity index (χ1v) is 12.0. The van der Waals surface area contributed by atoms with E-state index >= 15 is 0 Å². The number of fused-ring (bicyclic) bond motifs is 1. The molecule has 3 aromatic carbocycles. The first kappa shape index (κ1) is 23.2. The number of hydrogen-bond acceptors (Lipinski definition) is 5. The molecule has 0 bridgehead atoms. The van der Waals surface area contributed by atoms with Crippen molar-refractivity contribution in [3.05, 3.63) is 105 Å². The summed E-state index contributed by atoms with van der Waals surface area (Å²) < 4.78 is 7.43. The maximum Gasteiger partial charge on any atom is 0.290 e. The van der Waals surface area contributed by atoms with Crippen LogP contribution in [0.1, 0.15) is 21.5 Å². The summed E-state index contributed by atoms with van der Waals surface area (Å²) in [5, 5.41) is 3.10. The predicted molar refractivity (Wildman–Crippen MR) is 138 cm³/mol. The van der Waals surface area contributed by atoms with E-state index in [9.17, 15) is 14.4 Å². The summed E-state index contributed by atoms with van der Waals surface area (Å²) >= 11 is 12.9. The minimum Gasteiger partial charge on any atom is -0.489 e. The molecule has 9 heteroatoms. The molecule has 1 fully saturated rings. The van der Waals surface area contributed by atoms with Gasteiger partial charge in [0.1, 0.15) is 12.4 Å². The van der Waals surface area contributed by atoms with Crippen LogP contribution in [0.3, 0.4) is 0 Å². The zero-order valence-electron chi connectivity index (χ0n) is 18.0. The van der Waals surface area contributed by atoms with Gasteiger partial charge in [-0.1, -0.05) is 53.5 Å². The molecule has 6 nitrogen and oxygen atoms in total. The van der Waals surface area contributed by atoms with Crippen molar-refractivity contribution >= 4 is 69.0 Å². The number of hydrogen-bond donors (Lipinski definition) is 1. The fraction of sp³-hybridized carbons (Fsp3) is 0.0385. The Morgan fingerprint density at radius 3 is 2.51 bits per heavy atom. The zero-order valence-corrected chi connectivity index (χ0v) is 20.3. The average Bonchev–Trinajstić information content (AvgIpc) is 3.38. The van der Waals surface area contributed by atoms with Crippen molar-refractivity contribution in [2.24, 2.45) is 0 Å². The molecular formula is C26H16Cl2N2O4S. The van der Waals surface area contributed by atoms with Gasteiger partial charge in [-0.3, -0.25) is 24.3 Å². The van der Waals surface area contributed by atoms with E-state index in [-0.39, 0.29) is 15.8 Å². The van der Waals surface area contributed by atoms with E-state index in [0.717, 1.165) is 17.3 Å². The number of rotatable bonds is 5. The minimum atomic E-state index is -0.479. The molecule has 0 saturated carbocycles. The van der Waals surface area contributed by atoms with Crippen molar-refractivity contribution in [3.8, 4) is 5.75 Å². The van der Waals surface area contributed by atoms with Crippen LogP contribution >= 0.6 is 35.0 Å². The summed E-state index contributed by atoms with van der Waals surface area (Å²) in [4.78, 5) is 37.4. The predicted octanol–water partition coefficient (Wildman–Crippen LogP) is 6.54. The molecule has 1 N–H and O–H groups in total. The topological polar surface area (TPSA) is 77.4 Å². The lowest BCUT2D eigenvalue weighted by atomic mass is 10.1. The van der Waals surface area contributed by atoms with Gasteiger partial charge in [-0.25, -0.2) is 0 Å². The first-order chi connectivity index (χ1) is 16.9. The summed E-state index contributed by atoms with van der Waals surface area (Å²) in [5.41, 5.74) is 2.56. The number of aromatic nitrogens is 1. The highest BCUT2D eigenvalue weighted by molar-refractivity contribution is 8.18. The second-order valence-corrected chi connectivity index (χ2v) is 9.52. The third kappa shape index (κ3) is 4.84. The first-order valence-electron chi connectivity index (χ1n) is 10.5. The third-order valence-electron chi connectivity index (χ3n) is 5.37. The molecule has 0 aliphatic carbocycles. The zero-order chi connectivity index (χ0) is 24.5. The highest BCUT2D eigenvalue weighted by Crippen LogP contribution is 2.33. The number of nitrogens with zero attached hydrogens (tertiary/aromatic N) is 1. The lowest BCUT2D eigenvalue weighted by molar-refractivity contribution is -0.115. The Morgan fingerprint density at radius 1 is 1.00 bits per heavy atom. The van der Waals surface area contributed by atoms with Gasteiger partial charge < -0.3 is 4.74 Å². The molecule has 1 saturated heterocycles. The molecule has 2 heterocycles. The Bertz CT molecular complexity index is 1530. The number of carbonyl (C=O) groups is 3. The van der Waals surface area contributed by atoms with Gasteiger partial charge in [-0.05, 0) is 59.8 Å². The van der Waals surface area contributed by atoms with E-state index in [0.29, 0.717) is 39.4 Å². The van der Waals surface area contributed by atoms with E-state index in [1.807, 2.05) is 36.4 Å². The van der Waals surface area contributed by atoms with Crippen LogP contribution in [-0.2, 0) is 11.4 Å². The largest absolute Gasteiger partial charge is 0.489 e. The second kappa shape index (κ2) is 9.62. The van der Waals surface area contributed by atoms with E-state index in [2.05, 4.69) is 5.32 Å². The van der Waals surface area contributed by atoms with Crippen molar-refractivity contribution in [2.75, 3.05) is 0 Å². The lowest BCUT2D eigenvalue weighted by Gasteiger charge is -2.08. The van der Waals surface area contributed by atoms with Gasteiger partial charge in [0.15, 0.2) is 0 Å². The van der Waals surface area contributed by atoms with E-state index < -0.39 is 11.1 Å². The Balaban J connectivity index is 1.57. The van der Waals surface area contributed by atoms with Crippen LogP contribution in [0.25, 0.3) is 17.0 Å². The molecule has 2 amide bonds. The Kier molecular flexibility index (Phi) is 6.38. The molecule has 5 rings (SSSR count). The van der Waals surface area contributed by atoms with Gasteiger partial charge in [0, 0.05) is 22.7 Å². The molecular weight excluding hydrogens is 507 g/mol. The fourth-order valence-electron chi connectivity index (χ4n) is 3.68. The number of ether oxygens (including phenoxy) is 1. The molecule has 0 atom stereocenters. The maximum absolute atomic E-state index is 13.4. The van der Waals surface area contributed by atoms with Gasteiger partial charge in [0.05, 0.1) is 20.5 Å². The standard InChI is InChI=1S/C26H16Cl2N2O4S/c27-20-8-6-16(10-21(20)28)25(32)30-13-17(11-23-24(31)29-26(33)35-23)19-12-18(7-9-22(19)30)34-14-15-4-2-1-3-5-15/h1-13H,14H2,(H,29,31,33)/b23-11-. The van der Waals surface area contributed by atoms with Crippen molar-refractivity contribution < 1.29 is 19.1 Å². The molecule has 1 aromatic heterocycles. The van der Waals surface area contributed by atoms with Crippen molar-refractivity contribution in [1.82, 2.24) is 9.88 Å². The quantitative estimate of drug-likeness (QED) is 0.301. The SMILES string of the molecule is O=C1NC(=O)/C(=C/c2cn(C(=O)c3ccc(Cl)c(Cl)c3)c3ccc(OCc4ccccc4)cc23)S1. The third-order valence-corrected chi connectivity index (χ3v) is 6.92. The van der Waals surface area contributed by atoms with Crippen LogP contribution in [-0.4, -0.2) is 21.6 Å². The highest BCUT2D eigenvalue weighted by atomic mass is 35.5. The van der Waals surface area contributed by atoms with Crippen molar-refractivity contribution in [1.29, 1.82) is 0 Å². The molecule has 35 heavy (non-hydrogen) atoms. The summed E-state index contributed by atoms with van der Waals surface area (Å²) in [6.45, 7) is 0.373. The molecule has 1 aliphatic heterocycles. The summed E-state index contributed by atoms with van der Waals surface area (Å²) in [7, 11) is 0. The number of nitrogens with one attached hydrogen (secondary N) is 1.